The van der Waals surface area contributed by atoms with Gasteiger partial charge in [-0.15, -0.1) is 0 Å². The lowest BCUT2D eigenvalue weighted by Gasteiger charge is -2.62. The Labute approximate surface area is 195 Å². The van der Waals surface area contributed by atoms with Gasteiger partial charge < -0.3 is 9.47 Å². The van der Waals surface area contributed by atoms with Crippen molar-refractivity contribution in [3.8, 4) is 0 Å². The van der Waals surface area contributed by atoms with Gasteiger partial charge in [0.2, 0.25) is 0 Å². The van der Waals surface area contributed by atoms with Gasteiger partial charge >= 0.3 is 0 Å². The average Bonchev–Trinajstić information content (AvgIpc) is 3.08. The molecule has 0 radical (unpaired) electrons. The van der Waals surface area contributed by atoms with Crippen molar-refractivity contribution in [3.63, 3.8) is 0 Å². The third-order valence-electron chi connectivity index (χ3n) is 10.5. The second-order valence-electron chi connectivity index (χ2n) is 11.2. The van der Waals surface area contributed by atoms with Crippen LogP contribution in [0.2, 0.25) is 0 Å². The summed E-state index contributed by atoms with van der Waals surface area (Å²) in [4.78, 5) is 22.4. The third-order valence-corrected chi connectivity index (χ3v) is 11.1. The van der Waals surface area contributed by atoms with Crippen molar-refractivity contribution in [1.29, 1.82) is 0 Å². The molecule has 30 heavy (non-hydrogen) atoms. The summed E-state index contributed by atoms with van der Waals surface area (Å²) in [5.74, 6) is 4.01. The van der Waals surface area contributed by atoms with Gasteiger partial charge in [0.1, 0.15) is 12.2 Å². The van der Waals surface area contributed by atoms with Crippen LogP contribution in [-0.4, -0.2) is 29.6 Å². The fraction of sp³-hybridized carbons (Fsp3) is 0.920. The highest BCUT2D eigenvalue weighted by Crippen LogP contribution is 2.68. The number of carbonyl (C=O) groups is 2. The number of carbonyl (C=O) groups excluding carboxylic acids is 2. The van der Waals surface area contributed by atoms with E-state index in [0.717, 1.165) is 38.1 Å². The molecule has 10 atom stereocenters. The van der Waals surface area contributed by atoms with Crippen LogP contribution in [0.3, 0.4) is 0 Å². The van der Waals surface area contributed by atoms with Crippen molar-refractivity contribution in [3.05, 3.63) is 0 Å². The van der Waals surface area contributed by atoms with E-state index in [9.17, 15) is 9.59 Å². The van der Waals surface area contributed by atoms with Crippen LogP contribution in [0.15, 0.2) is 0 Å². The van der Waals surface area contributed by atoms with Gasteiger partial charge in [-0.05, 0) is 103 Å². The van der Waals surface area contributed by atoms with Gasteiger partial charge in [0.15, 0.2) is 0 Å². The van der Waals surface area contributed by atoms with Crippen LogP contribution in [0.25, 0.3) is 0 Å². The number of ether oxygens (including phenoxy) is 2. The maximum absolute atomic E-state index is 11.6. The Balaban J connectivity index is 1.62. The summed E-state index contributed by atoms with van der Waals surface area (Å²) < 4.78 is 12.5. The zero-order chi connectivity index (χ0) is 21.5. The molecule has 0 unspecified atom stereocenters. The Hall–Kier alpha value is -0.330. The molecule has 0 heterocycles. The highest BCUT2D eigenvalue weighted by atomic mass is 127. The molecular weight excluding hydrogens is 491 g/mol. The van der Waals surface area contributed by atoms with Gasteiger partial charge in [0, 0.05) is 5.41 Å². The SMILES string of the molecule is C[C@H](CCI)[C@H]1CC[C@H]2[C@@H]3CC[C@@H]4C[C@H](OC=O)CC[C@]4(C)[C@H]3C[C@H](OC=O)[C@]12C. The van der Waals surface area contributed by atoms with E-state index in [-0.39, 0.29) is 23.0 Å². The Morgan fingerprint density at radius 3 is 2.47 bits per heavy atom. The molecule has 4 rings (SSSR count). The second kappa shape index (κ2) is 8.90. The van der Waals surface area contributed by atoms with Crippen LogP contribution in [0.1, 0.15) is 78.6 Å². The predicted octanol–water partition coefficient (Wildman–Crippen LogP) is 5.80. The van der Waals surface area contributed by atoms with Gasteiger partial charge in [-0.3, -0.25) is 9.59 Å². The molecule has 0 aromatic carbocycles. The number of alkyl halides is 1. The van der Waals surface area contributed by atoms with E-state index in [1.54, 1.807) is 0 Å². The first-order valence-corrected chi connectivity index (χ1v) is 13.7. The lowest BCUT2D eigenvalue weighted by molar-refractivity contribution is -0.190. The highest BCUT2D eigenvalue weighted by molar-refractivity contribution is 14.1. The van der Waals surface area contributed by atoms with Gasteiger partial charge in [-0.1, -0.05) is 43.4 Å². The first-order valence-electron chi connectivity index (χ1n) is 12.1. The maximum Gasteiger partial charge on any atom is 0.293 e. The minimum atomic E-state index is 0.0462. The minimum absolute atomic E-state index is 0.0462. The molecule has 0 aromatic rings. The van der Waals surface area contributed by atoms with Gasteiger partial charge in [0.25, 0.3) is 12.9 Å². The number of fused-ring (bicyclic) bond motifs is 5. The topological polar surface area (TPSA) is 52.6 Å². The standard InChI is InChI=1S/C25H39IO4/c1-16(9-11-26)20-6-7-21-19-5-4-17-12-18(29-14-27)8-10-24(17,2)22(19)13-23(30-15-28)25(20,21)3/h14-23H,4-13H2,1-3H3/t16-,17-,18-,19+,20-,21+,22+,23+,24+,25-/m1/s1. The second-order valence-corrected chi connectivity index (χ2v) is 12.3. The normalized spacial score (nSPS) is 48.6. The van der Waals surface area contributed by atoms with Crippen LogP contribution in [0.4, 0.5) is 0 Å². The minimum Gasteiger partial charge on any atom is -0.465 e. The summed E-state index contributed by atoms with van der Waals surface area (Å²) in [5, 5.41) is 0. The summed E-state index contributed by atoms with van der Waals surface area (Å²) in [6.45, 7) is 8.75. The molecule has 4 saturated carbocycles. The van der Waals surface area contributed by atoms with Crippen molar-refractivity contribution in [2.24, 2.45) is 46.3 Å². The van der Waals surface area contributed by atoms with E-state index in [0.29, 0.717) is 36.1 Å². The summed E-state index contributed by atoms with van der Waals surface area (Å²) in [6.07, 6.45) is 10.7. The number of hydrogen-bond acceptors (Lipinski definition) is 4. The largest absolute Gasteiger partial charge is 0.465 e. The lowest BCUT2D eigenvalue weighted by Crippen LogP contribution is -2.59. The molecule has 5 heteroatoms. The lowest BCUT2D eigenvalue weighted by atomic mass is 9.43. The van der Waals surface area contributed by atoms with Crippen molar-refractivity contribution in [2.45, 2.75) is 90.8 Å². The Kier molecular flexibility index (Phi) is 6.78. The molecule has 4 fully saturated rings. The van der Waals surface area contributed by atoms with Gasteiger partial charge in [-0.25, -0.2) is 0 Å². The van der Waals surface area contributed by atoms with Crippen LogP contribution in [0.5, 0.6) is 0 Å². The van der Waals surface area contributed by atoms with E-state index < -0.39 is 0 Å². The molecule has 0 spiro atoms. The fourth-order valence-electron chi connectivity index (χ4n) is 8.96. The van der Waals surface area contributed by atoms with E-state index in [1.165, 1.54) is 36.5 Å². The molecule has 4 aliphatic rings. The van der Waals surface area contributed by atoms with Gasteiger partial charge in [0.05, 0.1) is 0 Å². The zero-order valence-electron chi connectivity index (χ0n) is 18.9. The monoisotopic (exact) mass is 530 g/mol. The Bertz CT molecular complexity index is 641. The van der Waals surface area contributed by atoms with E-state index in [4.69, 9.17) is 9.47 Å². The van der Waals surface area contributed by atoms with E-state index >= 15 is 0 Å². The maximum atomic E-state index is 11.6. The van der Waals surface area contributed by atoms with Crippen molar-refractivity contribution < 1.29 is 19.1 Å². The van der Waals surface area contributed by atoms with Crippen LogP contribution < -0.4 is 0 Å². The number of hydrogen-bond donors (Lipinski definition) is 0. The van der Waals surface area contributed by atoms with E-state index in [1.807, 2.05) is 0 Å². The third kappa shape index (κ3) is 3.53. The molecule has 0 N–H and O–H groups in total. The highest BCUT2D eigenvalue weighted by Gasteiger charge is 2.64. The van der Waals surface area contributed by atoms with Crippen molar-refractivity contribution in [2.75, 3.05) is 4.43 Å². The van der Waals surface area contributed by atoms with Crippen molar-refractivity contribution in [1.82, 2.24) is 0 Å². The molecule has 0 aliphatic heterocycles. The quantitative estimate of drug-likeness (QED) is 0.237. The first kappa shape index (κ1) is 22.8. The molecule has 4 nitrogen and oxygen atoms in total. The number of rotatable bonds is 7. The summed E-state index contributed by atoms with van der Waals surface area (Å²) in [5.41, 5.74) is 0.401. The molecule has 0 saturated heterocycles. The summed E-state index contributed by atoms with van der Waals surface area (Å²) >= 11 is 2.50. The Morgan fingerprint density at radius 2 is 1.77 bits per heavy atom. The molecule has 0 bridgehead atoms. The van der Waals surface area contributed by atoms with Gasteiger partial charge in [-0.2, -0.15) is 0 Å². The molecule has 4 aliphatic carbocycles. The predicted molar refractivity (Wildman–Crippen MR) is 125 cm³/mol. The molecule has 0 amide bonds. The van der Waals surface area contributed by atoms with E-state index in [2.05, 4.69) is 43.4 Å². The first-order chi connectivity index (χ1) is 14.4. The summed E-state index contributed by atoms with van der Waals surface area (Å²) in [6, 6.07) is 0. The number of halogens is 1. The van der Waals surface area contributed by atoms with Crippen LogP contribution in [-0.2, 0) is 19.1 Å². The average molecular weight is 530 g/mol. The smallest absolute Gasteiger partial charge is 0.293 e. The van der Waals surface area contributed by atoms with Crippen molar-refractivity contribution >= 4 is 35.5 Å². The fourth-order valence-corrected chi connectivity index (χ4v) is 9.94. The molecule has 170 valence electrons. The molecule has 0 aromatic heterocycles. The van der Waals surface area contributed by atoms with Crippen LogP contribution >= 0.6 is 22.6 Å². The van der Waals surface area contributed by atoms with Crippen LogP contribution in [0, 0.1) is 46.3 Å². The molecular formula is C25H39IO4. The zero-order valence-corrected chi connectivity index (χ0v) is 21.0. The summed E-state index contributed by atoms with van der Waals surface area (Å²) in [7, 11) is 0. The Morgan fingerprint density at radius 1 is 1.00 bits per heavy atom.